The molecule has 290 valence electrons. The summed E-state index contributed by atoms with van der Waals surface area (Å²) in [4.78, 5) is 15.5. The van der Waals surface area contributed by atoms with Crippen LogP contribution >= 0.6 is 0 Å². The first kappa shape index (κ1) is 40.0. The Bertz CT molecular complexity index is 1790. The van der Waals surface area contributed by atoms with Crippen LogP contribution in [0.4, 0.5) is 0 Å². The Balaban J connectivity index is 1.31. The van der Waals surface area contributed by atoms with Gasteiger partial charge in [0.15, 0.2) is 12.5 Å². The Morgan fingerprint density at radius 1 is 0.709 bits per heavy atom. The summed E-state index contributed by atoms with van der Waals surface area (Å²) in [6.07, 6.45) is -8.77. The SMILES string of the molecule is CC(=O)N[C@@H]1[C@@H](O[C@@H]2O[C@@H](C)[C@@H](OCc3ccccc3)[C@@H](OCc3ccccc3)[C@@H]2OCc2ccccc2)[C@H](O)[C@@H](COCc2ccccc2)O[C@H]1N=[N+]=[N-]. The van der Waals surface area contributed by atoms with Gasteiger partial charge in [-0.1, -0.05) is 126 Å². The summed E-state index contributed by atoms with van der Waals surface area (Å²) in [7, 11) is 0. The van der Waals surface area contributed by atoms with Crippen molar-refractivity contribution in [1.82, 2.24) is 5.32 Å². The zero-order chi connectivity index (χ0) is 38.4. The van der Waals surface area contributed by atoms with Crippen molar-refractivity contribution in [3.63, 3.8) is 0 Å². The van der Waals surface area contributed by atoms with Crippen LogP contribution in [-0.4, -0.2) is 78.9 Å². The summed E-state index contributed by atoms with van der Waals surface area (Å²) in [5.41, 5.74) is 13.3. The van der Waals surface area contributed by atoms with E-state index in [2.05, 4.69) is 15.3 Å². The maximum absolute atomic E-state index is 12.5. The zero-order valence-corrected chi connectivity index (χ0v) is 30.9. The summed E-state index contributed by atoms with van der Waals surface area (Å²) in [6.45, 7) is 4.10. The van der Waals surface area contributed by atoms with Crippen molar-refractivity contribution in [2.24, 2.45) is 5.11 Å². The highest BCUT2D eigenvalue weighted by molar-refractivity contribution is 5.73. The molecule has 6 rings (SSSR count). The molecular weight excluding hydrogens is 704 g/mol. The van der Waals surface area contributed by atoms with Gasteiger partial charge in [-0.3, -0.25) is 4.79 Å². The van der Waals surface area contributed by atoms with Crippen molar-refractivity contribution in [1.29, 1.82) is 0 Å². The molecule has 2 N–H and O–H groups in total. The lowest BCUT2D eigenvalue weighted by molar-refractivity contribution is -0.345. The molecule has 55 heavy (non-hydrogen) atoms. The van der Waals surface area contributed by atoms with E-state index in [4.69, 9.17) is 33.2 Å². The number of benzene rings is 4. The van der Waals surface area contributed by atoms with Crippen LogP contribution in [0.25, 0.3) is 10.4 Å². The molecule has 2 aliphatic rings. The van der Waals surface area contributed by atoms with Gasteiger partial charge in [0.2, 0.25) is 5.91 Å². The van der Waals surface area contributed by atoms with Crippen LogP contribution in [0.5, 0.6) is 0 Å². The molecule has 13 heteroatoms. The molecule has 4 aromatic rings. The quantitative estimate of drug-likeness (QED) is 0.0750. The number of azide groups is 1. The first-order valence-electron chi connectivity index (χ1n) is 18.4. The molecule has 0 unspecified atom stereocenters. The number of aliphatic hydroxyl groups excluding tert-OH is 1. The summed E-state index contributed by atoms with van der Waals surface area (Å²) in [5, 5.41) is 18.5. The third-order valence-electron chi connectivity index (χ3n) is 9.50. The number of nitrogens with one attached hydrogen (secondary N) is 1. The van der Waals surface area contributed by atoms with Gasteiger partial charge in [0, 0.05) is 11.8 Å². The molecule has 2 heterocycles. The second-order valence-electron chi connectivity index (χ2n) is 13.6. The standard InChI is InChI=1S/C42H48N4O9/c1-28-37(50-24-31-17-9-4-10-18-31)39(51-25-32-19-11-5-12-20-32)40(52-26-33-21-13-6-14-22-33)42(53-28)55-38-35(44-29(2)47)41(45-46-43)54-34(36(38)48)27-49-23-30-15-7-3-8-16-30/h3-22,28,34-42,48H,23-27H2,1-2H3,(H,44,47)/t28-,34+,35+,36+,37+,38+,39+,40-,41+,42-/m0/s1. The number of carbonyl (C=O) groups excluding carboxylic acids is 1. The highest BCUT2D eigenvalue weighted by Crippen LogP contribution is 2.34. The largest absolute Gasteiger partial charge is 0.388 e. The normalized spacial score (nSPS) is 27.8. The molecule has 0 bridgehead atoms. The highest BCUT2D eigenvalue weighted by atomic mass is 16.7. The number of carbonyl (C=O) groups is 1. The van der Waals surface area contributed by atoms with Gasteiger partial charge in [-0.25, -0.2) is 0 Å². The van der Waals surface area contributed by atoms with Crippen LogP contribution in [0.3, 0.4) is 0 Å². The fourth-order valence-corrected chi connectivity index (χ4v) is 6.77. The molecule has 4 aromatic carbocycles. The lowest BCUT2D eigenvalue weighted by atomic mass is 9.94. The van der Waals surface area contributed by atoms with E-state index in [0.717, 1.165) is 22.3 Å². The fourth-order valence-electron chi connectivity index (χ4n) is 6.77. The number of hydrogen-bond acceptors (Lipinski definition) is 10. The highest BCUT2D eigenvalue weighted by Gasteiger charge is 2.52. The molecule has 1 amide bonds. The van der Waals surface area contributed by atoms with E-state index in [1.165, 1.54) is 6.92 Å². The minimum absolute atomic E-state index is 0.0613. The average molecular weight is 753 g/mol. The second kappa shape index (κ2) is 20.3. The molecule has 2 aliphatic heterocycles. The van der Waals surface area contributed by atoms with Crippen molar-refractivity contribution in [2.75, 3.05) is 6.61 Å². The van der Waals surface area contributed by atoms with Crippen LogP contribution in [0, 0.1) is 0 Å². The number of rotatable bonds is 17. The Kier molecular flexibility index (Phi) is 14.8. The molecule has 13 nitrogen and oxygen atoms in total. The molecule has 0 radical (unpaired) electrons. The first-order valence-corrected chi connectivity index (χ1v) is 18.4. The smallest absolute Gasteiger partial charge is 0.217 e. The fraction of sp³-hybridized carbons (Fsp3) is 0.405. The lowest BCUT2D eigenvalue weighted by Gasteiger charge is -2.49. The van der Waals surface area contributed by atoms with Crippen LogP contribution in [0.2, 0.25) is 0 Å². The minimum atomic E-state index is -1.36. The molecule has 10 atom stereocenters. The molecular formula is C42H48N4O9. The zero-order valence-electron chi connectivity index (χ0n) is 30.9. The van der Waals surface area contributed by atoms with Crippen molar-refractivity contribution >= 4 is 5.91 Å². The molecule has 0 spiro atoms. The van der Waals surface area contributed by atoms with Crippen LogP contribution in [-0.2, 0) is 64.4 Å². The number of hydrogen-bond donors (Lipinski definition) is 2. The summed E-state index contributed by atoms with van der Waals surface area (Å²) >= 11 is 0. The Labute approximate surface area is 321 Å². The van der Waals surface area contributed by atoms with E-state index in [1.807, 2.05) is 128 Å². The van der Waals surface area contributed by atoms with E-state index < -0.39 is 67.2 Å². The molecule has 0 saturated carbocycles. The number of ether oxygens (including phenoxy) is 7. The average Bonchev–Trinajstić information content (AvgIpc) is 3.20. The minimum Gasteiger partial charge on any atom is -0.388 e. The maximum Gasteiger partial charge on any atom is 0.217 e. The van der Waals surface area contributed by atoms with Gasteiger partial charge in [-0.2, -0.15) is 0 Å². The van der Waals surface area contributed by atoms with Gasteiger partial charge >= 0.3 is 0 Å². The summed E-state index contributed by atoms with van der Waals surface area (Å²) in [5.74, 6) is -0.445. The van der Waals surface area contributed by atoms with Crippen molar-refractivity contribution in [2.45, 2.75) is 102 Å². The van der Waals surface area contributed by atoms with Gasteiger partial charge in [-0.05, 0) is 34.7 Å². The van der Waals surface area contributed by atoms with Gasteiger partial charge in [-0.15, -0.1) is 0 Å². The summed E-state index contributed by atoms with van der Waals surface area (Å²) in [6, 6.07) is 37.7. The van der Waals surface area contributed by atoms with E-state index in [-0.39, 0.29) is 26.4 Å². The Hall–Kier alpha value is -4.66. The van der Waals surface area contributed by atoms with Gasteiger partial charge < -0.3 is 43.6 Å². The van der Waals surface area contributed by atoms with E-state index >= 15 is 0 Å². The second-order valence-corrected chi connectivity index (χ2v) is 13.6. The Morgan fingerprint density at radius 2 is 1.18 bits per heavy atom. The summed E-state index contributed by atoms with van der Waals surface area (Å²) < 4.78 is 45.2. The molecule has 2 saturated heterocycles. The third kappa shape index (κ3) is 11.2. The van der Waals surface area contributed by atoms with E-state index in [1.54, 1.807) is 0 Å². The van der Waals surface area contributed by atoms with E-state index in [9.17, 15) is 15.4 Å². The molecule has 0 aliphatic carbocycles. The van der Waals surface area contributed by atoms with Crippen LogP contribution in [0.1, 0.15) is 36.1 Å². The van der Waals surface area contributed by atoms with Gasteiger partial charge in [0.05, 0.1) is 45.2 Å². The van der Waals surface area contributed by atoms with Gasteiger partial charge in [0.1, 0.15) is 36.6 Å². The predicted octanol–water partition coefficient (Wildman–Crippen LogP) is 5.99. The number of nitrogens with zero attached hydrogens (tertiary/aromatic N) is 3. The Morgan fingerprint density at radius 3 is 1.67 bits per heavy atom. The molecule has 2 fully saturated rings. The first-order chi connectivity index (χ1) is 26.9. The van der Waals surface area contributed by atoms with Crippen molar-refractivity contribution < 1.29 is 43.1 Å². The molecule has 0 aromatic heterocycles. The van der Waals surface area contributed by atoms with Gasteiger partial charge in [0.25, 0.3) is 0 Å². The number of aliphatic hydroxyl groups is 1. The van der Waals surface area contributed by atoms with E-state index in [0.29, 0.717) is 6.61 Å². The van der Waals surface area contributed by atoms with Crippen molar-refractivity contribution in [3.05, 3.63) is 154 Å². The lowest BCUT2D eigenvalue weighted by Crippen LogP contribution is -2.67. The maximum atomic E-state index is 12.5. The number of amides is 1. The third-order valence-corrected chi connectivity index (χ3v) is 9.50. The van der Waals surface area contributed by atoms with Crippen LogP contribution in [0.15, 0.2) is 126 Å². The topological polar surface area (TPSA) is 163 Å². The van der Waals surface area contributed by atoms with Crippen molar-refractivity contribution in [3.8, 4) is 0 Å². The predicted molar refractivity (Wildman–Crippen MR) is 202 cm³/mol. The van der Waals surface area contributed by atoms with Crippen LogP contribution < -0.4 is 5.32 Å². The monoisotopic (exact) mass is 752 g/mol.